The zero-order chi connectivity index (χ0) is 12.3. The van der Waals surface area contributed by atoms with Gasteiger partial charge in [-0.1, -0.05) is 6.08 Å². The lowest BCUT2D eigenvalue weighted by Crippen LogP contribution is -2.50. The normalized spacial score (nSPS) is 17.4. The predicted molar refractivity (Wildman–Crippen MR) is 61.1 cm³/mol. The number of amides is 1. The number of carbonyl (C=O) groups is 2. The minimum absolute atomic E-state index is 0.0377. The van der Waals surface area contributed by atoms with Crippen LogP contribution < -0.4 is 0 Å². The van der Waals surface area contributed by atoms with E-state index in [0.717, 1.165) is 0 Å². The molecular formula is C12H19NO3. The van der Waals surface area contributed by atoms with Crippen LogP contribution in [0.5, 0.6) is 0 Å². The van der Waals surface area contributed by atoms with Crippen LogP contribution in [0.3, 0.4) is 0 Å². The lowest BCUT2D eigenvalue weighted by Gasteiger charge is -2.38. The highest BCUT2D eigenvalue weighted by Crippen LogP contribution is 2.20. The van der Waals surface area contributed by atoms with Gasteiger partial charge < -0.3 is 9.64 Å². The largest absolute Gasteiger partial charge is 0.444 e. The van der Waals surface area contributed by atoms with Crippen LogP contribution >= 0.6 is 0 Å². The van der Waals surface area contributed by atoms with Crippen molar-refractivity contribution in [3.8, 4) is 0 Å². The number of allylic oxidation sites excluding steroid dienone is 1. The summed E-state index contributed by atoms with van der Waals surface area (Å²) in [6.45, 7) is 8.33. The van der Waals surface area contributed by atoms with E-state index in [1.54, 1.807) is 11.0 Å². The second kappa shape index (κ2) is 4.68. The van der Waals surface area contributed by atoms with Crippen molar-refractivity contribution in [3.05, 3.63) is 12.2 Å². The van der Waals surface area contributed by atoms with Crippen molar-refractivity contribution in [2.45, 2.75) is 33.3 Å². The number of rotatable bonds is 2. The summed E-state index contributed by atoms with van der Waals surface area (Å²) in [6, 6.07) is 0. The number of ketones is 1. The molecule has 0 radical (unpaired) electrons. The summed E-state index contributed by atoms with van der Waals surface area (Å²) in [5.41, 5.74) is -0.447. The van der Waals surface area contributed by atoms with E-state index in [1.165, 1.54) is 6.92 Å². The number of hydrogen-bond acceptors (Lipinski definition) is 3. The fourth-order valence-corrected chi connectivity index (χ4v) is 1.38. The first kappa shape index (κ1) is 12.7. The van der Waals surface area contributed by atoms with Gasteiger partial charge in [-0.05, 0) is 33.8 Å². The Morgan fingerprint density at radius 3 is 2.31 bits per heavy atom. The third kappa shape index (κ3) is 4.04. The van der Waals surface area contributed by atoms with Gasteiger partial charge in [-0.15, -0.1) is 0 Å². The van der Waals surface area contributed by atoms with Crippen LogP contribution in [0, 0.1) is 5.92 Å². The smallest absolute Gasteiger partial charge is 0.410 e. The van der Waals surface area contributed by atoms with Crippen LogP contribution in [0.15, 0.2) is 12.2 Å². The molecule has 0 aromatic rings. The zero-order valence-corrected chi connectivity index (χ0v) is 10.3. The van der Waals surface area contributed by atoms with E-state index in [0.29, 0.717) is 13.1 Å². The quantitative estimate of drug-likeness (QED) is 0.675. The fourth-order valence-electron chi connectivity index (χ4n) is 1.38. The molecule has 1 saturated heterocycles. The molecule has 90 valence electrons. The van der Waals surface area contributed by atoms with Gasteiger partial charge >= 0.3 is 6.09 Å². The fraction of sp³-hybridized carbons (Fsp3) is 0.667. The van der Waals surface area contributed by atoms with Gasteiger partial charge in [-0.25, -0.2) is 4.79 Å². The van der Waals surface area contributed by atoms with Gasteiger partial charge in [-0.3, -0.25) is 4.79 Å². The third-order valence-corrected chi connectivity index (χ3v) is 2.16. The van der Waals surface area contributed by atoms with E-state index in [2.05, 4.69) is 0 Å². The first-order valence-electron chi connectivity index (χ1n) is 5.44. The summed E-state index contributed by atoms with van der Waals surface area (Å²) in [6.07, 6.45) is 3.13. The Kier molecular flexibility index (Phi) is 3.73. The van der Waals surface area contributed by atoms with Gasteiger partial charge in [0.05, 0.1) is 0 Å². The molecule has 1 aliphatic heterocycles. The van der Waals surface area contributed by atoms with Crippen molar-refractivity contribution in [3.63, 3.8) is 0 Å². The Morgan fingerprint density at radius 1 is 1.31 bits per heavy atom. The Balaban J connectivity index is 2.31. The van der Waals surface area contributed by atoms with E-state index in [9.17, 15) is 9.59 Å². The Labute approximate surface area is 96.3 Å². The molecule has 0 bridgehead atoms. The van der Waals surface area contributed by atoms with Gasteiger partial charge in [0.1, 0.15) is 5.60 Å². The van der Waals surface area contributed by atoms with E-state index in [1.807, 2.05) is 26.8 Å². The van der Waals surface area contributed by atoms with Gasteiger partial charge in [0.25, 0.3) is 0 Å². The van der Waals surface area contributed by atoms with E-state index < -0.39 is 5.60 Å². The second-order valence-corrected chi connectivity index (χ2v) is 5.12. The number of carbonyl (C=O) groups excluding carboxylic acids is 2. The molecule has 0 aromatic carbocycles. The minimum Gasteiger partial charge on any atom is -0.444 e. The zero-order valence-electron chi connectivity index (χ0n) is 10.3. The number of ether oxygens (including phenoxy) is 1. The summed E-state index contributed by atoms with van der Waals surface area (Å²) in [5.74, 6) is 0.326. The van der Waals surface area contributed by atoms with Crippen molar-refractivity contribution < 1.29 is 14.3 Å². The number of hydrogen-bond donors (Lipinski definition) is 0. The Morgan fingerprint density at radius 2 is 1.88 bits per heavy atom. The summed E-state index contributed by atoms with van der Waals surface area (Å²) in [5, 5.41) is 0. The van der Waals surface area contributed by atoms with Crippen LogP contribution in [0.25, 0.3) is 0 Å². The SMILES string of the molecule is CC(=O)/C=C/C1CN(C(=O)OC(C)(C)C)C1. The molecule has 1 aliphatic rings. The molecule has 1 rings (SSSR count). The van der Waals surface area contributed by atoms with E-state index >= 15 is 0 Å². The maximum absolute atomic E-state index is 11.5. The highest BCUT2D eigenvalue weighted by molar-refractivity contribution is 5.87. The average molecular weight is 225 g/mol. The lowest BCUT2D eigenvalue weighted by atomic mass is 10.00. The molecule has 4 heteroatoms. The first-order valence-corrected chi connectivity index (χ1v) is 5.44. The monoisotopic (exact) mass is 225 g/mol. The molecule has 16 heavy (non-hydrogen) atoms. The van der Waals surface area contributed by atoms with Crippen molar-refractivity contribution >= 4 is 11.9 Å². The molecule has 0 N–H and O–H groups in total. The van der Waals surface area contributed by atoms with Gasteiger partial charge in [0.2, 0.25) is 0 Å². The minimum atomic E-state index is -0.447. The molecule has 0 spiro atoms. The van der Waals surface area contributed by atoms with Crippen molar-refractivity contribution in [1.29, 1.82) is 0 Å². The highest BCUT2D eigenvalue weighted by Gasteiger charge is 2.32. The third-order valence-electron chi connectivity index (χ3n) is 2.16. The molecule has 0 aliphatic carbocycles. The summed E-state index contributed by atoms with van der Waals surface area (Å²) in [4.78, 5) is 23.9. The van der Waals surface area contributed by atoms with Gasteiger partial charge in [-0.2, -0.15) is 0 Å². The first-order chi connectivity index (χ1) is 7.28. The maximum atomic E-state index is 11.5. The molecule has 1 amide bonds. The molecule has 1 fully saturated rings. The molecule has 0 aromatic heterocycles. The van der Waals surface area contributed by atoms with Crippen LogP contribution in [-0.4, -0.2) is 35.5 Å². The average Bonchev–Trinajstić information content (AvgIpc) is 1.96. The summed E-state index contributed by atoms with van der Waals surface area (Å²) < 4.78 is 5.21. The van der Waals surface area contributed by atoms with Crippen LogP contribution in [0.4, 0.5) is 4.79 Å². The van der Waals surface area contributed by atoms with Crippen LogP contribution in [-0.2, 0) is 9.53 Å². The molecule has 0 saturated carbocycles. The summed E-state index contributed by atoms with van der Waals surface area (Å²) >= 11 is 0. The Bertz CT molecular complexity index is 309. The molecule has 0 atom stereocenters. The highest BCUT2D eigenvalue weighted by atomic mass is 16.6. The van der Waals surface area contributed by atoms with Crippen molar-refractivity contribution in [1.82, 2.24) is 4.90 Å². The number of likely N-dealkylation sites (tertiary alicyclic amines) is 1. The van der Waals surface area contributed by atoms with E-state index in [4.69, 9.17) is 4.74 Å². The second-order valence-electron chi connectivity index (χ2n) is 5.12. The summed E-state index contributed by atoms with van der Waals surface area (Å²) in [7, 11) is 0. The van der Waals surface area contributed by atoms with Crippen LogP contribution in [0.1, 0.15) is 27.7 Å². The predicted octanol–water partition coefficient (Wildman–Crippen LogP) is 2.00. The standard InChI is InChI=1S/C12H19NO3/c1-9(14)5-6-10-7-13(8-10)11(15)16-12(2,3)4/h5-6,10H,7-8H2,1-4H3/b6-5+. The van der Waals surface area contributed by atoms with E-state index in [-0.39, 0.29) is 17.8 Å². The van der Waals surface area contributed by atoms with Gasteiger partial charge in [0, 0.05) is 19.0 Å². The molecule has 0 unspecified atom stereocenters. The molecule has 1 heterocycles. The number of nitrogens with zero attached hydrogens (tertiary/aromatic N) is 1. The lowest BCUT2D eigenvalue weighted by molar-refractivity contribution is -0.112. The maximum Gasteiger partial charge on any atom is 0.410 e. The Hall–Kier alpha value is -1.32. The van der Waals surface area contributed by atoms with Crippen molar-refractivity contribution in [2.75, 3.05) is 13.1 Å². The van der Waals surface area contributed by atoms with Gasteiger partial charge in [0.15, 0.2) is 5.78 Å². The molecule has 4 nitrogen and oxygen atoms in total. The van der Waals surface area contributed by atoms with Crippen molar-refractivity contribution in [2.24, 2.45) is 5.92 Å². The topological polar surface area (TPSA) is 46.6 Å². The van der Waals surface area contributed by atoms with Crippen LogP contribution in [0.2, 0.25) is 0 Å². The molecular weight excluding hydrogens is 206 g/mol.